The van der Waals surface area contributed by atoms with Crippen LogP contribution in [-0.2, 0) is 0 Å². The van der Waals surface area contributed by atoms with Gasteiger partial charge in [-0.3, -0.25) is 19.4 Å². The summed E-state index contributed by atoms with van der Waals surface area (Å²) in [6.45, 7) is 1.99. The first-order valence-electron chi connectivity index (χ1n) is 13.3. The third kappa shape index (κ3) is 3.56. The maximum atomic E-state index is 13.7. The van der Waals surface area contributed by atoms with E-state index in [4.69, 9.17) is 9.15 Å². The minimum Gasteiger partial charge on any atom is -0.485 e. The first-order chi connectivity index (χ1) is 18.1. The number of nitrogens with zero attached hydrogens (tertiary/aromatic N) is 1. The number of aromatic amines is 2. The summed E-state index contributed by atoms with van der Waals surface area (Å²) in [6.07, 6.45) is 9.89. The number of aromatic nitrogens is 3. The molecular weight excluding hydrogens is 466 g/mol. The van der Waals surface area contributed by atoms with E-state index in [1.165, 1.54) is 25.3 Å². The lowest BCUT2D eigenvalue weighted by Crippen LogP contribution is -2.19. The van der Waals surface area contributed by atoms with Crippen LogP contribution in [0.25, 0.3) is 44.8 Å². The molecule has 37 heavy (non-hydrogen) atoms. The molecule has 5 aromatic rings. The second-order valence-electron chi connectivity index (χ2n) is 10.4. The van der Waals surface area contributed by atoms with Gasteiger partial charge in [0.05, 0.1) is 16.9 Å². The van der Waals surface area contributed by atoms with Gasteiger partial charge in [0.15, 0.2) is 11.0 Å². The van der Waals surface area contributed by atoms with Crippen LogP contribution >= 0.6 is 0 Å². The first kappa shape index (κ1) is 22.2. The third-order valence-electron chi connectivity index (χ3n) is 8.01. The van der Waals surface area contributed by atoms with Crippen molar-refractivity contribution in [1.29, 1.82) is 0 Å². The van der Waals surface area contributed by atoms with Gasteiger partial charge in [0.25, 0.3) is 5.56 Å². The summed E-state index contributed by atoms with van der Waals surface area (Å²) in [6, 6.07) is 13.0. The number of para-hydroxylation sites is 1. The first-order valence-corrected chi connectivity index (χ1v) is 13.3. The fourth-order valence-corrected chi connectivity index (χ4v) is 6.18. The zero-order valence-corrected chi connectivity index (χ0v) is 20.8. The molecule has 0 radical (unpaired) electrons. The fraction of sp³-hybridized carbons (Fsp3) is 0.333. The van der Waals surface area contributed by atoms with E-state index in [1.807, 2.05) is 31.2 Å². The number of H-pyrrole nitrogens is 2. The molecule has 1 aliphatic heterocycles. The highest BCUT2D eigenvalue weighted by atomic mass is 16.5. The van der Waals surface area contributed by atoms with Crippen molar-refractivity contribution in [2.75, 3.05) is 0 Å². The number of hydrogen-bond acceptors (Lipinski definition) is 4. The molecule has 7 rings (SSSR count). The summed E-state index contributed by atoms with van der Waals surface area (Å²) in [7, 11) is 0. The lowest BCUT2D eigenvalue weighted by atomic mass is 9.93. The largest absolute Gasteiger partial charge is 0.485 e. The molecule has 0 spiro atoms. The minimum atomic E-state index is -0.295. The average Bonchev–Trinajstić information content (AvgIpc) is 3.39. The lowest BCUT2D eigenvalue weighted by molar-refractivity contribution is 0.275. The second-order valence-corrected chi connectivity index (χ2v) is 10.4. The maximum Gasteiger partial charge on any atom is 0.274 e. The predicted octanol–water partition coefficient (Wildman–Crippen LogP) is 6.52. The molecule has 7 heteroatoms. The van der Waals surface area contributed by atoms with E-state index in [9.17, 15) is 9.59 Å². The van der Waals surface area contributed by atoms with Crippen LogP contribution < -0.4 is 15.7 Å². The van der Waals surface area contributed by atoms with Crippen molar-refractivity contribution in [3.8, 4) is 5.75 Å². The number of nitrogens with one attached hydrogen (secondary N) is 2. The highest BCUT2D eigenvalue weighted by molar-refractivity contribution is 6.13. The van der Waals surface area contributed by atoms with Crippen LogP contribution in [0.3, 0.4) is 0 Å². The number of rotatable bonds is 2. The summed E-state index contributed by atoms with van der Waals surface area (Å²) < 4.78 is 14.7. The van der Waals surface area contributed by atoms with Crippen LogP contribution in [0.2, 0.25) is 0 Å². The van der Waals surface area contributed by atoms with Gasteiger partial charge in [-0.05, 0) is 44.0 Å². The van der Waals surface area contributed by atoms with Crippen LogP contribution in [0, 0.1) is 0 Å². The normalized spacial score (nSPS) is 18.9. The Kier molecular flexibility index (Phi) is 5.13. The van der Waals surface area contributed by atoms with Crippen LogP contribution in [0.4, 0.5) is 0 Å². The molecular formula is C30H29N3O4. The molecule has 2 aromatic carbocycles. The SMILES string of the molecule is C[C@@H]1Oc2ccccc2C=C1c1c2oc3cc(=O)ccc3c2[nH]c2c1c(=O)[nH]n2C1CCCCCCC1. The van der Waals surface area contributed by atoms with Gasteiger partial charge in [-0.1, -0.05) is 50.3 Å². The highest BCUT2D eigenvalue weighted by Gasteiger charge is 2.29. The molecule has 3 aromatic heterocycles. The Balaban J connectivity index is 1.57. The zero-order valence-electron chi connectivity index (χ0n) is 20.8. The molecule has 0 bridgehead atoms. The smallest absolute Gasteiger partial charge is 0.274 e. The van der Waals surface area contributed by atoms with Gasteiger partial charge >= 0.3 is 0 Å². The van der Waals surface area contributed by atoms with Gasteiger partial charge in [-0.2, -0.15) is 0 Å². The molecule has 1 atom stereocenters. The molecule has 0 saturated heterocycles. The summed E-state index contributed by atoms with van der Waals surface area (Å²) >= 11 is 0. The number of pyridine rings is 1. The molecule has 188 valence electrons. The molecule has 0 amide bonds. The van der Waals surface area contributed by atoms with Crippen molar-refractivity contribution in [3.05, 3.63) is 74.2 Å². The number of hydrogen-bond donors (Lipinski definition) is 2. The average molecular weight is 496 g/mol. The van der Waals surface area contributed by atoms with E-state index in [0.717, 1.165) is 64.7 Å². The Morgan fingerprint density at radius 3 is 2.59 bits per heavy atom. The van der Waals surface area contributed by atoms with Crippen molar-refractivity contribution in [3.63, 3.8) is 0 Å². The molecule has 2 aliphatic rings. The Morgan fingerprint density at radius 2 is 1.76 bits per heavy atom. The van der Waals surface area contributed by atoms with Crippen molar-refractivity contribution < 1.29 is 9.15 Å². The monoisotopic (exact) mass is 495 g/mol. The summed E-state index contributed by atoms with van der Waals surface area (Å²) in [5.74, 6) is 0.815. The Labute approximate surface area is 212 Å². The van der Waals surface area contributed by atoms with Crippen LogP contribution in [-0.4, -0.2) is 20.9 Å². The number of ether oxygens (including phenoxy) is 1. The van der Waals surface area contributed by atoms with E-state index >= 15 is 0 Å². The minimum absolute atomic E-state index is 0.114. The van der Waals surface area contributed by atoms with Crippen molar-refractivity contribution in [2.45, 2.75) is 64.0 Å². The van der Waals surface area contributed by atoms with E-state index in [-0.39, 0.29) is 23.1 Å². The molecule has 1 saturated carbocycles. The molecule has 0 unspecified atom stereocenters. The van der Waals surface area contributed by atoms with Gasteiger partial charge in [0.1, 0.15) is 23.1 Å². The number of benzene rings is 2. The van der Waals surface area contributed by atoms with E-state index in [0.29, 0.717) is 16.6 Å². The fourth-order valence-electron chi connectivity index (χ4n) is 6.18. The number of fused-ring (bicyclic) bond motifs is 5. The lowest BCUT2D eigenvalue weighted by Gasteiger charge is -2.25. The zero-order chi connectivity index (χ0) is 25.1. The Hall–Kier alpha value is -4.00. The van der Waals surface area contributed by atoms with Gasteiger partial charge in [0.2, 0.25) is 0 Å². The summed E-state index contributed by atoms with van der Waals surface area (Å²) in [4.78, 5) is 29.4. The van der Waals surface area contributed by atoms with Crippen molar-refractivity contribution in [1.82, 2.24) is 14.8 Å². The molecule has 2 N–H and O–H groups in total. The van der Waals surface area contributed by atoms with E-state index in [1.54, 1.807) is 12.1 Å². The topological polar surface area (TPSA) is 93.0 Å². The highest BCUT2D eigenvalue weighted by Crippen LogP contribution is 2.42. The Bertz CT molecular complexity index is 1810. The summed E-state index contributed by atoms with van der Waals surface area (Å²) in [5, 5.41) is 4.56. The molecule has 4 heterocycles. The van der Waals surface area contributed by atoms with E-state index < -0.39 is 0 Å². The molecule has 1 fully saturated rings. The van der Waals surface area contributed by atoms with Gasteiger partial charge in [-0.25, -0.2) is 0 Å². The van der Waals surface area contributed by atoms with Crippen LogP contribution in [0.1, 0.15) is 69.0 Å². The van der Waals surface area contributed by atoms with E-state index in [2.05, 4.69) is 20.8 Å². The predicted molar refractivity (Wildman–Crippen MR) is 146 cm³/mol. The number of furan rings is 1. The molecule has 7 nitrogen and oxygen atoms in total. The molecule has 1 aliphatic carbocycles. The van der Waals surface area contributed by atoms with Gasteiger partial charge in [0, 0.05) is 28.2 Å². The Morgan fingerprint density at radius 1 is 0.973 bits per heavy atom. The van der Waals surface area contributed by atoms with Crippen LogP contribution in [0.15, 0.2) is 56.5 Å². The quantitative estimate of drug-likeness (QED) is 0.291. The van der Waals surface area contributed by atoms with Crippen molar-refractivity contribution in [2.24, 2.45) is 0 Å². The third-order valence-corrected chi connectivity index (χ3v) is 8.01. The standard InChI is InChI=1S/C30H29N3O4/c1-17-22(15-18-9-7-8-12-23(18)36-17)25-26-29(31-27-21-14-13-20(34)16-24(21)37-28(25)27)33(32-30(26)35)19-10-5-3-2-4-6-11-19/h7-9,12-17,19,31H,2-6,10-11H2,1H3,(H,32,35)/t17-/m0/s1. The van der Waals surface area contributed by atoms with Crippen LogP contribution in [0.5, 0.6) is 5.75 Å². The second kappa shape index (κ2) is 8.54. The van der Waals surface area contributed by atoms with Crippen molar-refractivity contribution >= 4 is 44.8 Å². The van der Waals surface area contributed by atoms with Gasteiger partial charge in [-0.15, -0.1) is 0 Å². The van der Waals surface area contributed by atoms with Gasteiger partial charge < -0.3 is 14.1 Å². The summed E-state index contributed by atoms with van der Waals surface area (Å²) in [5.41, 5.74) is 4.91. The maximum absolute atomic E-state index is 13.7.